The Kier molecular flexibility index (Phi) is 3.34. The predicted octanol–water partition coefficient (Wildman–Crippen LogP) is 2.87. The number of piperidine rings is 1. The molecule has 4 nitrogen and oxygen atoms in total. The van der Waals surface area contributed by atoms with Gasteiger partial charge in [0.25, 0.3) is 0 Å². The second-order valence-electron chi connectivity index (χ2n) is 6.68. The van der Waals surface area contributed by atoms with Crippen LogP contribution in [0.2, 0.25) is 0 Å². The first-order valence-electron chi connectivity index (χ1n) is 8.23. The van der Waals surface area contributed by atoms with Crippen LogP contribution in [-0.2, 0) is 0 Å². The summed E-state index contributed by atoms with van der Waals surface area (Å²) in [5, 5.41) is 0. The fraction of sp³-hybridized carbons (Fsp3) is 0.588. The molecule has 1 aromatic heterocycles. The number of benzene rings is 1. The first-order valence-corrected chi connectivity index (χ1v) is 8.23. The fourth-order valence-corrected chi connectivity index (χ4v) is 3.83. The van der Waals surface area contributed by atoms with Crippen molar-refractivity contribution in [3.05, 3.63) is 24.3 Å². The van der Waals surface area contributed by atoms with Crippen LogP contribution in [0.4, 0.5) is 5.95 Å². The molecular weight excluding hydrogens is 260 g/mol. The van der Waals surface area contributed by atoms with Gasteiger partial charge in [-0.3, -0.25) is 4.90 Å². The average Bonchev–Trinajstić information content (AvgIpc) is 3.13. The molecule has 0 aliphatic carbocycles. The van der Waals surface area contributed by atoms with Gasteiger partial charge in [0, 0.05) is 25.7 Å². The van der Waals surface area contributed by atoms with Crippen molar-refractivity contribution in [2.24, 2.45) is 5.92 Å². The van der Waals surface area contributed by atoms with Gasteiger partial charge in [-0.1, -0.05) is 19.1 Å². The second-order valence-corrected chi connectivity index (χ2v) is 6.68. The summed E-state index contributed by atoms with van der Waals surface area (Å²) in [5.74, 6) is 1.93. The van der Waals surface area contributed by atoms with Crippen molar-refractivity contribution < 1.29 is 0 Å². The topological polar surface area (TPSA) is 35.2 Å². The molecule has 0 spiro atoms. The lowest BCUT2D eigenvalue weighted by Crippen LogP contribution is -2.44. The molecule has 0 bridgehead atoms. The SMILES string of the molecule is CC1CCN(C2CCN(c3nc4ccccc4[nH]3)CC2)C1. The van der Waals surface area contributed by atoms with E-state index >= 15 is 0 Å². The van der Waals surface area contributed by atoms with Crippen LogP contribution < -0.4 is 4.90 Å². The van der Waals surface area contributed by atoms with Gasteiger partial charge in [-0.2, -0.15) is 0 Å². The minimum absolute atomic E-state index is 0.788. The van der Waals surface area contributed by atoms with E-state index in [2.05, 4.69) is 39.9 Å². The van der Waals surface area contributed by atoms with E-state index in [1.807, 2.05) is 6.07 Å². The van der Waals surface area contributed by atoms with E-state index in [1.165, 1.54) is 32.4 Å². The van der Waals surface area contributed by atoms with Crippen molar-refractivity contribution in [3.8, 4) is 0 Å². The number of fused-ring (bicyclic) bond motifs is 1. The highest BCUT2D eigenvalue weighted by Gasteiger charge is 2.29. The summed E-state index contributed by atoms with van der Waals surface area (Å²) in [4.78, 5) is 13.3. The van der Waals surface area contributed by atoms with Crippen LogP contribution in [0.3, 0.4) is 0 Å². The van der Waals surface area contributed by atoms with Gasteiger partial charge in [0.2, 0.25) is 5.95 Å². The number of hydrogen-bond acceptors (Lipinski definition) is 3. The van der Waals surface area contributed by atoms with Crippen molar-refractivity contribution in [3.63, 3.8) is 0 Å². The summed E-state index contributed by atoms with van der Waals surface area (Å²) in [5.41, 5.74) is 2.21. The quantitative estimate of drug-likeness (QED) is 0.921. The lowest BCUT2D eigenvalue weighted by molar-refractivity contribution is 0.202. The van der Waals surface area contributed by atoms with E-state index < -0.39 is 0 Å². The molecule has 3 heterocycles. The van der Waals surface area contributed by atoms with Crippen molar-refractivity contribution in [2.45, 2.75) is 32.2 Å². The average molecular weight is 284 g/mol. The van der Waals surface area contributed by atoms with E-state index in [-0.39, 0.29) is 0 Å². The standard InChI is InChI=1S/C17H24N4/c1-13-6-9-21(12-13)14-7-10-20(11-8-14)17-18-15-4-2-3-5-16(15)19-17/h2-5,13-14H,6-12H2,1H3,(H,18,19). The van der Waals surface area contributed by atoms with Gasteiger partial charge in [-0.05, 0) is 43.9 Å². The number of anilines is 1. The minimum Gasteiger partial charge on any atom is -0.342 e. The highest BCUT2D eigenvalue weighted by Crippen LogP contribution is 2.26. The van der Waals surface area contributed by atoms with Gasteiger partial charge in [-0.25, -0.2) is 4.98 Å². The van der Waals surface area contributed by atoms with Crippen LogP contribution in [-0.4, -0.2) is 47.1 Å². The highest BCUT2D eigenvalue weighted by atomic mass is 15.3. The molecule has 1 unspecified atom stereocenters. The van der Waals surface area contributed by atoms with Gasteiger partial charge in [-0.15, -0.1) is 0 Å². The Morgan fingerprint density at radius 1 is 1.10 bits per heavy atom. The number of aromatic nitrogens is 2. The molecule has 1 aromatic carbocycles. The smallest absolute Gasteiger partial charge is 0.203 e. The maximum atomic E-state index is 4.73. The molecule has 2 aliphatic rings. The predicted molar refractivity (Wildman–Crippen MR) is 86.7 cm³/mol. The van der Waals surface area contributed by atoms with Gasteiger partial charge < -0.3 is 9.88 Å². The molecule has 2 saturated heterocycles. The van der Waals surface area contributed by atoms with E-state index in [0.717, 1.165) is 42.0 Å². The lowest BCUT2D eigenvalue weighted by Gasteiger charge is -2.36. The highest BCUT2D eigenvalue weighted by molar-refractivity contribution is 5.77. The zero-order valence-corrected chi connectivity index (χ0v) is 12.8. The summed E-state index contributed by atoms with van der Waals surface area (Å²) in [6, 6.07) is 9.08. The first-order chi connectivity index (χ1) is 10.3. The third-order valence-corrected chi connectivity index (χ3v) is 5.11. The molecule has 112 valence electrons. The molecule has 2 aliphatic heterocycles. The van der Waals surface area contributed by atoms with E-state index in [4.69, 9.17) is 4.98 Å². The van der Waals surface area contributed by atoms with E-state index in [0.29, 0.717) is 0 Å². The second kappa shape index (κ2) is 5.34. The molecule has 2 fully saturated rings. The number of para-hydroxylation sites is 2. The number of likely N-dealkylation sites (tertiary alicyclic amines) is 1. The molecule has 1 N–H and O–H groups in total. The maximum absolute atomic E-state index is 4.73. The Balaban J connectivity index is 1.42. The number of hydrogen-bond donors (Lipinski definition) is 1. The molecule has 4 rings (SSSR count). The lowest BCUT2D eigenvalue weighted by atomic mass is 10.0. The zero-order valence-electron chi connectivity index (χ0n) is 12.8. The first kappa shape index (κ1) is 13.1. The third-order valence-electron chi connectivity index (χ3n) is 5.11. The largest absolute Gasteiger partial charge is 0.342 e. The summed E-state index contributed by atoms with van der Waals surface area (Å²) in [6.45, 7) is 7.22. The number of rotatable bonds is 2. The Labute approximate surface area is 126 Å². The normalized spacial score (nSPS) is 25.0. The number of H-pyrrole nitrogens is 1. The van der Waals surface area contributed by atoms with E-state index in [1.54, 1.807) is 0 Å². The maximum Gasteiger partial charge on any atom is 0.203 e. The number of imidazole rings is 1. The van der Waals surface area contributed by atoms with Crippen molar-refractivity contribution in [1.82, 2.24) is 14.9 Å². The van der Waals surface area contributed by atoms with Crippen LogP contribution in [0.15, 0.2) is 24.3 Å². The molecular formula is C17H24N4. The van der Waals surface area contributed by atoms with Gasteiger partial charge in [0.1, 0.15) is 0 Å². The molecule has 2 aromatic rings. The van der Waals surface area contributed by atoms with Crippen molar-refractivity contribution in [2.75, 3.05) is 31.1 Å². The Hall–Kier alpha value is -1.55. The summed E-state index contributed by atoms with van der Waals surface area (Å²) >= 11 is 0. The summed E-state index contributed by atoms with van der Waals surface area (Å²) in [6.07, 6.45) is 3.91. The third kappa shape index (κ3) is 2.53. The number of nitrogens with zero attached hydrogens (tertiary/aromatic N) is 3. The van der Waals surface area contributed by atoms with Crippen molar-refractivity contribution in [1.29, 1.82) is 0 Å². The number of nitrogens with one attached hydrogen (secondary N) is 1. The molecule has 1 atom stereocenters. The summed E-state index contributed by atoms with van der Waals surface area (Å²) < 4.78 is 0. The Morgan fingerprint density at radius 3 is 2.62 bits per heavy atom. The van der Waals surface area contributed by atoms with Crippen LogP contribution >= 0.6 is 0 Å². The monoisotopic (exact) mass is 284 g/mol. The van der Waals surface area contributed by atoms with Gasteiger partial charge in [0.15, 0.2) is 0 Å². The van der Waals surface area contributed by atoms with E-state index in [9.17, 15) is 0 Å². The molecule has 0 amide bonds. The Morgan fingerprint density at radius 2 is 1.90 bits per heavy atom. The fourth-order valence-electron chi connectivity index (χ4n) is 3.83. The van der Waals surface area contributed by atoms with Gasteiger partial charge >= 0.3 is 0 Å². The molecule has 0 saturated carbocycles. The molecule has 4 heteroatoms. The van der Waals surface area contributed by atoms with Crippen LogP contribution in [0, 0.1) is 5.92 Å². The molecule has 21 heavy (non-hydrogen) atoms. The van der Waals surface area contributed by atoms with Crippen molar-refractivity contribution >= 4 is 17.0 Å². The summed E-state index contributed by atoms with van der Waals surface area (Å²) in [7, 11) is 0. The minimum atomic E-state index is 0.788. The van der Waals surface area contributed by atoms with Crippen LogP contribution in [0.5, 0.6) is 0 Å². The molecule has 0 radical (unpaired) electrons. The zero-order chi connectivity index (χ0) is 14.2. The van der Waals surface area contributed by atoms with Crippen LogP contribution in [0.25, 0.3) is 11.0 Å². The van der Waals surface area contributed by atoms with Gasteiger partial charge in [0.05, 0.1) is 11.0 Å². The number of aromatic amines is 1. The van der Waals surface area contributed by atoms with Crippen LogP contribution in [0.1, 0.15) is 26.2 Å². The Bertz CT molecular complexity index is 579.